The second-order valence-electron chi connectivity index (χ2n) is 10.1. The van der Waals surface area contributed by atoms with Gasteiger partial charge in [-0.25, -0.2) is 14.6 Å². The largest absolute Gasteiger partial charge is 0.478 e. The molecular formula is C26H30N4O6. The lowest BCUT2D eigenvalue weighted by molar-refractivity contribution is -0.120. The molecule has 0 unspecified atom stereocenters. The van der Waals surface area contributed by atoms with E-state index in [1.165, 1.54) is 11.1 Å². The number of carbonyl (C=O) groups is 3. The van der Waals surface area contributed by atoms with Gasteiger partial charge in [0.25, 0.3) is 0 Å². The first-order valence-corrected chi connectivity index (χ1v) is 11.7. The summed E-state index contributed by atoms with van der Waals surface area (Å²) in [4.78, 5) is 46.5. The number of carboxylic acid groups (broad SMARTS) is 1. The first-order chi connectivity index (χ1) is 17.0. The van der Waals surface area contributed by atoms with Gasteiger partial charge < -0.3 is 24.8 Å². The van der Waals surface area contributed by atoms with Crippen LogP contribution in [0.15, 0.2) is 30.6 Å². The molecule has 2 aliphatic rings. The van der Waals surface area contributed by atoms with Crippen molar-refractivity contribution >= 4 is 29.9 Å². The predicted molar refractivity (Wildman–Crippen MR) is 132 cm³/mol. The number of aromatic nitrogens is 2. The van der Waals surface area contributed by atoms with Crippen molar-refractivity contribution in [2.45, 2.75) is 44.6 Å². The van der Waals surface area contributed by atoms with Crippen LogP contribution in [0.25, 0.3) is 6.08 Å². The van der Waals surface area contributed by atoms with Crippen molar-refractivity contribution in [3.8, 4) is 0 Å². The van der Waals surface area contributed by atoms with Gasteiger partial charge in [0.15, 0.2) is 0 Å². The van der Waals surface area contributed by atoms with Gasteiger partial charge in [-0.3, -0.25) is 9.78 Å². The number of anilines is 1. The summed E-state index contributed by atoms with van der Waals surface area (Å²) in [6.45, 7) is 6.55. The zero-order chi connectivity index (χ0) is 26.1. The Morgan fingerprint density at radius 3 is 2.72 bits per heavy atom. The number of carboxylic acids is 1. The molecular weight excluding hydrogens is 464 g/mol. The first kappa shape index (κ1) is 25.3. The highest BCUT2D eigenvalue weighted by atomic mass is 16.6. The molecule has 1 aliphatic carbocycles. The van der Waals surface area contributed by atoms with Crippen LogP contribution in [0.2, 0.25) is 0 Å². The third kappa shape index (κ3) is 5.23. The molecule has 0 saturated carbocycles. The summed E-state index contributed by atoms with van der Waals surface area (Å²) in [5, 5.41) is 12.1. The summed E-state index contributed by atoms with van der Waals surface area (Å²) < 4.78 is 10.9. The molecule has 2 aromatic rings. The fourth-order valence-electron chi connectivity index (χ4n) is 4.35. The molecule has 1 spiro atoms. The monoisotopic (exact) mass is 494 g/mol. The quantitative estimate of drug-likeness (QED) is 0.562. The van der Waals surface area contributed by atoms with Gasteiger partial charge in [0.1, 0.15) is 11.4 Å². The topological polar surface area (TPSA) is 131 Å². The number of nitrogens with one attached hydrogen (secondary N) is 1. The number of pyridine rings is 2. The Morgan fingerprint density at radius 1 is 1.22 bits per heavy atom. The Morgan fingerprint density at radius 2 is 2.00 bits per heavy atom. The summed E-state index contributed by atoms with van der Waals surface area (Å²) in [5.74, 6) is -0.682. The van der Waals surface area contributed by atoms with Crippen LogP contribution >= 0.6 is 0 Å². The Labute approximate surface area is 209 Å². The molecule has 0 fully saturated rings. The highest BCUT2D eigenvalue weighted by Crippen LogP contribution is 2.46. The average Bonchev–Trinajstić information content (AvgIpc) is 3.32. The van der Waals surface area contributed by atoms with Crippen molar-refractivity contribution in [3.63, 3.8) is 0 Å². The average molecular weight is 495 g/mol. The van der Waals surface area contributed by atoms with Gasteiger partial charge in [0.2, 0.25) is 5.91 Å². The van der Waals surface area contributed by atoms with Crippen molar-refractivity contribution in [2.24, 2.45) is 0 Å². The molecule has 190 valence electrons. The Balaban J connectivity index is 1.37. The molecule has 36 heavy (non-hydrogen) atoms. The van der Waals surface area contributed by atoms with E-state index in [0.29, 0.717) is 38.4 Å². The van der Waals surface area contributed by atoms with E-state index in [1.807, 2.05) is 39.0 Å². The minimum atomic E-state index is -1.05. The molecule has 3 heterocycles. The van der Waals surface area contributed by atoms with Crippen LogP contribution in [-0.2, 0) is 32.5 Å². The number of amides is 2. The molecule has 2 N–H and O–H groups in total. The predicted octanol–water partition coefficient (Wildman–Crippen LogP) is 3.06. The van der Waals surface area contributed by atoms with Gasteiger partial charge in [-0.15, -0.1) is 0 Å². The van der Waals surface area contributed by atoms with Crippen molar-refractivity contribution in [3.05, 3.63) is 58.6 Å². The molecule has 2 amide bonds. The fourth-order valence-corrected chi connectivity index (χ4v) is 4.35. The Hall–Kier alpha value is -3.79. The maximum atomic E-state index is 13.0. The fraction of sp³-hybridized carbons (Fsp3) is 0.423. The van der Waals surface area contributed by atoms with Crippen molar-refractivity contribution in [1.29, 1.82) is 0 Å². The van der Waals surface area contributed by atoms with Crippen LogP contribution < -0.4 is 5.32 Å². The molecule has 0 bridgehead atoms. The Bertz CT molecular complexity index is 1240. The van der Waals surface area contributed by atoms with E-state index in [-0.39, 0.29) is 11.5 Å². The lowest BCUT2D eigenvalue weighted by Crippen LogP contribution is -2.36. The third-order valence-corrected chi connectivity index (χ3v) is 6.16. The van der Waals surface area contributed by atoms with E-state index >= 15 is 0 Å². The molecule has 0 aromatic carbocycles. The number of carbonyl (C=O) groups excluding carboxylic acids is 2. The number of fused-ring (bicyclic) bond motifs is 3. The normalized spacial score (nSPS) is 18.3. The number of hydrogen-bond acceptors (Lipinski definition) is 7. The van der Waals surface area contributed by atoms with Crippen molar-refractivity contribution in [1.82, 2.24) is 14.9 Å². The van der Waals surface area contributed by atoms with Gasteiger partial charge >= 0.3 is 12.1 Å². The molecule has 2 aromatic heterocycles. The van der Waals surface area contributed by atoms with E-state index < -0.39 is 23.1 Å². The highest BCUT2D eigenvalue weighted by molar-refractivity contribution is 6.06. The summed E-state index contributed by atoms with van der Waals surface area (Å²) in [7, 11) is 1.66. The van der Waals surface area contributed by atoms with Crippen LogP contribution in [0, 0.1) is 0 Å². The highest BCUT2D eigenvalue weighted by Gasteiger charge is 2.51. The van der Waals surface area contributed by atoms with Crippen molar-refractivity contribution in [2.75, 3.05) is 32.1 Å². The smallest absolute Gasteiger partial charge is 0.410 e. The second kappa shape index (κ2) is 9.69. The summed E-state index contributed by atoms with van der Waals surface area (Å²) in [6.07, 6.45) is 7.08. The van der Waals surface area contributed by atoms with E-state index in [9.17, 15) is 19.5 Å². The van der Waals surface area contributed by atoms with Crippen LogP contribution in [0.1, 0.15) is 53.5 Å². The van der Waals surface area contributed by atoms with Crippen LogP contribution in [0.4, 0.5) is 10.6 Å². The lowest BCUT2D eigenvalue weighted by atomic mass is 9.79. The molecule has 10 nitrogen and oxygen atoms in total. The number of rotatable bonds is 7. The van der Waals surface area contributed by atoms with E-state index in [4.69, 9.17) is 9.47 Å². The molecule has 1 atom stereocenters. The van der Waals surface area contributed by atoms with Crippen LogP contribution in [-0.4, -0.2) is 70.4 Å². The maximum absolute atomic E-state index is 13.0. The minimum Gasteiger partial charge on any atom is -0.478 e. The molecule has 4 rings (SSSR count). The molecule has 0 radical (unpaired) electrons. The van der Waals surface area contributed by atoms with Crippen LogP contribution in [0.5, 0.6) is 0 Å². The SMILES string of the molecule is CN(CCOC/C=C/c1cnc2c(c1)[C@@]1(Cc3cc(C(=O)O)cnc3C1)C(=O)N2)C(=O)OC(C)(C)C. The minimum absolute atomic E-state index is 0.108. The van der Waals surface area contributed by atoms with E-state index in [2.05, 4.69) is 15.3 Å². The first-order valence-electron chi connectivity index (χ1n) is 11.7. The van der Waals surface area contributed by atoms with E-state index in [0.717, 1.165) is 22.4 Å². The summed E-state index contributed by atoms with van der Waals surface area (Å²) in [6, 6.07) is 3.52. The zero-order valence-corrected chi connectivity index (χ0v) is 20.8. The van der Waals surface area contributed by atoms with Crippen molar-refractivity contribution < 1.29 is 29.0 Å². The number of likely N-dealkylation sites (N-methyl/N-ethyl adjacent to an activating group) is 1. The zero-order valence-electron chi connectivity index (χ0n) is 20.8. The molecule has 1 aliphatic heterocycles. The molecule has 0 saturated heterocycles. The number of ether oxygens (including phenoxy) is 2. The van der Waals surface area contributed by atoms with E-state index in [1.54, 1.807) is 19.3 Å². The summed E-state index contributed by atoms with van der Waals surface area (Å²) in [5.41, 5.74) is 1.81. The standard InChI is InChI=1S/C26H30N4O6/c1-25(2,3)36-24(34)30(4)7-9-35-8-5-6-16-10-19-21(28-14-16)29-23(33)26(19)12-17-11-18(22(31)32)15-27-20(17)13-26/h5-6,10-11,14-15H,7-9,12-13H2,1-4H3,(H,31,32)(H,28,29,33)/b6-5+/t26-/m0/s1. The van der Waals surface area contributed by atoms with Gasteiger partial charge in [-0.05, 0) is 50.5 Å². The van der Waals surface area contributed by atoms with Gasteiger partial charge in [0, 0.05) is 43.7 Å². The van der Waals surface area contributed by atoms with Gasteiger partial charge in [0.05, 0.1) is 24.2 Å². The van der Waals surface area contributed by atoms with Gasteiger partial charge in [-0.1, -0.05) is 12.2 Å². The number of nitrogens with zero attached hydrogens (tertiary/aromatic N) is 3. The number of aromatic carboxylic acids is 1. The lowest BCUT2D eigenvalue weighted by Gasteiger charge is -2.24. The number of hydrogen-bond donors (Lipinski definition) is 2. The Kier molecular flexibility index (Phi) is 6.81. The van der Waals surface area contributed by atoms with Gasteiger partial charge in [-0.2, -0.15) is 0 Å². The molecule has 10 heteroatoms. The second-order valence-corrected chi connectivity index (χ2v) is 10.1. The third-order valence-electron chi connectivity index (χ3n) is 6.16. The maximum Gasteiger partial charge on any atom is 0.410 e. The van der Waals surface area contributed by atoms with Crippen LogP contribution in [0.3, 0.4) is 0 Å². The summed E-state index contributed by atoms with van der Waals surface area (Å²) >= 11 is 0.